The van der Waals surface area contributed by atoms with E-state index in [-0.39, 0.29) is 17.5 Å². The van der Waals surface area contributed by atoms with Gasteiger partial charge < -0.3 is 15.5 Å². The Morgan fingerprint density at radius 2 is 1.77 bits per heavy atom. The molecule has 2 aliphatic rings. The van der Waals surface area contributed by atoms with Gasteiger partial charge in [-0.25, -0.2) is 4.79 Å². The van der Waals surface area contributed by atoms with Crippen LogP contribution in [0.5, 0.6) is 0 Å². The number of rotatable bonds is 4. The lowest BCUT2D eigenvalue weighted by Gasteiger charge is -2.30. The van der Waals surface area contributed by atoms with E-state index in [1.807, 2.05) is 30.0 Å². The maximum Gasteiger partial charge on any atom is 0.319 e. The van der Waals surface area contributed by atoms with Gasteiger partial charge in [-0.3, -0.25) is 4.79 Å². The lowest BCUT2D eigenvalue weighted by molar-refractivity contribution is 0.0697. The summed E-state index contributed by atoms with van der Waals surface area (Å²) in [5.74, 6) is 1.36. The molecule has 0 spiro atoms. The van der Waals surface area contributed by atoms with Gasteiger partial charge in [0.05, 0.1) is 0 Å². The number of nitrogens with one attached hydrogen (secondary N) is 2. The highest BCUT2D eigenvalue weighted by Gasteiger charge is 2.38. The maximum atomic E-state index is 12.7. The Morgan fingerprint density at radius 1 is 1.12 bits per heavy atom. The Balaban J connectivity index is 1.62. The molecule has 3 amide bonds. The van der Waals surface area contributed by atoms with Crippen LogP contribution >= 0.6 is 0 Å². The van der Waals surface area contributed by atoms with Crippen molar-refractivity contribution in [3.8, 4) is 0 Å². The van der Waals surface area contributed by atoms with Gasteiger partial charge in [0.2, 0.25) is 0 Å². The summed E-state index contributed by atoms with van der Waals surface area (Å²) < 4.78 is 0. The molecule has 0 aromatic heterocycles. The molecule has 5 nitrogen and oxygen atoms in total. The minimum atomic E-state index is -0.186. The van der Waals surface area contributed by atoms with Crippen LogP contribution in [0, 0.1) is 18.8 Å². The van der Waals surface area contributed by atoms with Gasteiger partial charge >= 0.3 is 6.03 Å². The van der Waals surface area contributed by atoms with E-state index in [2.05, 4.69) is 31.4 Å². The van der Waals surface area contributed by atoms with E-state index < -0.39 is 0 Å². The second kappa shape index (κ2) is 7.29. The number of benzene rings is 1. The smallest absolute Gasteiger partial charge is 0.319 e. The SMILES string of the molecule is Cc1cc(C(=O)N2CCC(C)CC2)ccc1NC(=O)NC(C)(C)C1CC1. The van der Waals surface area contributed by atoms with Crippen molar-refractivity contribution in [2.45, 2.75) is 58.9 Å². The molecule has 0 atom stereocenters. The minimum Gasteiger partial charge on any atom is -0.339 e. The van der Waals surface area contributed by atoms with Gasteiger partial charge in [-0.2, -0.15) is 0 Å². The number of hydrogen-bond acceptors (Lipinski definition) is 2. The van der Waals surface area contributed by atoms with Gasteiger partial charge in [0.1, 0.15) is 0 Å². The second-order valence-corrected chi connectivity index (χ2v) is 8.58. The van der Waals surface area contributed by atoms with Crippen molar-refractivity contribution in [3.63, 3.8) is 0 Å². The van der Waals surface area contributed by atoms with Crippen LogP contribution in [0.15, 0.2) is 18.2 Å². The first-order valence-electron chi connectivity index (χ1n) is 9.75. The van der Waals surface area contributed by atoms with Crippen LogP contribution < -0.4 is 10.6 Å². The van der Waals surface area contributed by atoms with E-state index in [1.165, 1.54) is 12.8 Å². The highest BCUT2D eigenvalue weighted by molar-refractivity contribution is 5.96. The summed E-state index contributed by atoms with van der Waals surface area (Å²) in [4.78, 5) is 26.9. The van der Waals surface area contributed by atoms with E-state index >= 15 is 0 Å². The average Bonchev–Trinajstić information content (AvgIpc) is 3.42. The van der Waals surface area contributed by atoms with Crippen LogP contribution in [0.4, 0.5) is 10.5 Å². The Hall–Kier alpha value is -2.04. The molecule has 1 aliphatic carbocycles. The molecule has 0 unspecified atom stereocenters. The molecular weight excluding hydrogens is 326 g/mol. The zero-order valence-corrected chi connectivity index (χ0v) is 16.4. The Morgan fingerprint density at radius 3 is 2.35 bits per heavy atom. The predicted molar refractivity (Wildman–Crippen MR) is 104 cm³/mol. The van der Waals surface area contributed by atoms with Crippen LogP contribution in [0.3, 0.4) is 0 Å². The highest BCUT2D eigenvalue weighted by atomic mass is 16.2. The number of hydrogen-bond donors (Lipinski definition) is 2. The summed E-state index contributed by atoms with van der Waals surface area (Å²) in [7, 11) is 0. The third-order valence-electron chi connectivity index (χ3n) is 5.83. The topological polar surface area (TPSA) is 61.4 Å². The van der Waals surface area contributed by atoms with Gasteiger partial charge in [0.25, 0.3) is 5.91 Å². The van der Waals surface area contributed by atoms with Crippen molar-refractivity contribution >= 4 is 17.6 Å². The number of urea groups is 1. The summed E-state index contributed by atoms with van der Waals surface area (Å²) >= 11 is 0. The summed E-state index contributed by atoms with van der Waals surface area (Å²) in [5.41, 5.74) is 2.17. The number of anilines is 1. The van der Waals surface area contributed by atoms with Gasteiger partial charge in [-0.05, 0) is 82.1 Å². The van der Waals surface area contributed by atoms with Gasteiger partial charge in [0.15, 0.2) is 0 Å². The van der Waals surface area contributed by atoms with E-state index in [4.69, 9.17) is 0 Å². The molecule has 26 heavy (non-hydrogen) atoms. The molecule has 1 aliphatic heterocycles. The first-order valence-corrected chi connectivity index (χ1v) is 9.75. The zero-order valence-electron chi connectivity index (χ0n) is 16.4. The fourth-order valence-electron chi connectivity index (χ4n) is 3.68. The van der Waals surface area contributed by atoms with E-state index in [0.717, 1.165) is 37.2 Å². The number of nitrogens with zero attached hydrogens (tertiary/aromatic N) is 1. The molecule has 1 aromatic rings. The quantitative estimate of drug-likeness (QED) is 0.849. The van der Waals surface area contributed by atoms with E-state index in [1.54, 1.807) is 0 Å². The van der Waals surface area contributed by atoms with Crippen molar-refractivity contribution < 1.29 is 9.59 Å². The molecule has 0 radical (unpaired) electrons. The molecule has 1 saturated heterocycles. The molecule has 0 bridgehead atoms. The number of amides is 3. The number of piperidine rings is 1. The highest BCUT2D eigenvalue weighted by Crippen LogP contribution is 2.39. The number of carbonyl (C=O) groups excluding carboxylic acids is 2. The number of aryl methyl sites for hydroxylation is 1. The lowest BCUT2D eigenvalue weighted by atomic mass is 9.98. The van der Waals surface area contributed by atoms with Crippen molar-refractivity contribution in [2.24, 2.45) is 11.8 Å². The molecule has 5 heteroatoms. The van der Waals surface area contributed by atoms with Crippen LogP contribution in [0.1, 0.15) is 62.4 Å². The lowest BCUT2D eigenvalue weighted by Crippen LogP contribution is -2.47. The molecule has 1 heterocycles. The first kappa shape index (κ1) is 18.7. The van der Waals surface area contributed by atoms with Crippen LogP contribution in [0.2, 0.25) is 0 Å². The van der Waals surface area contributed by atoms with Crippen LogP contribution in [-0.4, -0.2) is 35.5 Å². The minimum absolute atomic E-state index is 0.0888. The predicted octanol–water partition coefficient (Wildman–Crippen LogP) is 4.18. The van der Waals surface area contributed by atoms with E-state index in [9.17, 15) is 9.59 Å². The van der Waals surface area contributed by atoms with Crippen molar-refractivity contribution in [3.05, 3.63) is 29.3 Å². The second-order valence-electron chi connectivity index (χ2n) is 8.58. The van der Waals surface area contributed by atoms with Crippen LogP contribution in [0.25, 0.3) is 0 Å². The summed E-state index contributed by atoms with van der Waals surface area (Å²) in [6.07, 6.45) is 4.50. The number of carbonyl (C=O) groups is 2. The molecule has 3 rings (SSSR count). The average molecular weight is 357 g/mol. The zero-order chi connectivity index (χ0) is 18.9. The monoisotopic (exact) mass is 357 g/mol. The fraction of sp³-hybridized carbons (Fsp3) is 0.619. The van der Waals surface area contributed by atoms with Gasteiger partial charge in [-0.15, -0.1) is 0 Å². The third-order valence-corrected chi connectivity index (χ3v) is 5.83. The summed E-state index contributed by atoms with van der Waals surface area (Å²) in [6, 6.07) is 5.34. The van der Waals surface area contributed by atoms with Gasteiger partial charge in [0, 0.05) is 29.9 Å². The molecule has 1 saturated carbocycles. The maximum absolute atomic E-state index is 12.7. The number of likely N-dealkylation sites (tertiary alicyclic amines) is 1. The molecule has 2 N–H and O–H groups in total. The van der Waals surface area contributed by atoms with Gasteiger partial charge in [-0.1, -0.05) is 6.92 Å². The molecule has 1 aromatic carbocycles. The van der Waals surface area contributed by atoms with Crippen molar-refractivity contribution in [2.75, 3.05) is 18.4 Å². The summed E-state index contributed by atoms with van der Waals surface area (Å²) in [6.45, 7) is 9.96. The normalized spacial score (nSPS) is 18.5. The molecular formula is C21H31N3O2. The van der Waals surface area contributed by atoms with E-state index in [0.29, 0.717) is 17.4 Å². The van der Waals surface area contributed by atoms with Crippen molar-refractivity contribution in [1.29, 1.82) is 0 Å². The van der Waals surface area contributed by atoms with Crippen LogP contribution in [-0.2, 0) is 0 Å². The standard InChI is InChI=1S/C21H31N3O2/c1-14-9-11-24(12-10-14)19(25)16-5-8-18(15(2)13-16)22-20(26)23-21(3,4)17-6-7-17/h5,8,13-14,17H,6-7,9-12H2,1-4H3,(H2,22,23,26). The van der Waals surface area contributed by atoms with Crippen molar-refractivity contribution in [1.82, 2.24) is 10.2 Å². The summed E-state index contributed by atoms with van der Waals surface area (Å²) in [5, 5.41) is 5.99. The third kappa shape index (κ3) is 4.37. The molecule has 2 fully saturated rings. The first-order chi connectivity index (χ1) is 12.3. The largest absolute Gasteiger partial charge is 0.339 e. The Bertz CT molecular complexity index is 686. The fourth-order valence-corrected chi connectivity index (χ4v) is 3.68. The Kier molecular flexibility index (Phi) is 5.26. The Labute approximate surface area is 156 Å². The molecule has 142 valence electrons.